The maximum atomic E-state index is 12.8. The number of ketones is 1. The van der Waals surface area contributed by atoms with Crippen molar-refractivity contribution in [1.82, 2.24) is 15.0 Å². The Morgan fingerprint density at radius 1 is 1.03 bits per heavy atom. The lowest BCUT2D eigenvalue weighted by atomic mass is 10.1. The third kappa shape index (κ3) is 5.15. The Kier molecular flexibility index (Phi) is 6.51. The summed E-state index contributed by atoms with van der Waals surface area (Å²) in [6.07, 6.45) is 3.44. The number of rotatable bonds is 8. The van der Waals surface area contributed by atoms with E-state index in [0.717, 1.165) is 16.0 Å². The molecule has 32 heavy (non-hydrogen) atoms. The number of anilines is 2. The van der Waals surface area contributed by atoms with Crippen molar-refractivity contribution in [3.8, 4) is 0 Å². The largest absolute Gasteiger partial charge is 0.466 e. The van der Waals surface area contributed by atoms with E-state index in [4.69, 9.17) is 4.74 Å². The van der Waals surface area contributed by atoms with Gasteiger partial charge < -0.3 is 10.1 Å². The molecule has 8 heteroatoms. The zero-order valence-corrected chi connectivity index (χ0v) is 18.6. The van der Waals surface area contributed by atoms with Crippen LogP contribution in [0.3, 0.4) is 0 Å². The molecule has 0 atom stereocenters. The van der Waals surface area contributed by atoms with Crippen LogP contribution in [0.25, 0.3) is 10.9 Å². The summed E-state index contributed by atoms with van der Waals surface area (Å²) in [4.78, 5) is 38.2. The van der Waals surface area contributed by atoms with E-state index in [1.807, 2.05) is 37.3 Å². The van der Waals surface area contributed by atoms with Crippen molar-refractivity contribution in [2.45, 2.75) is 26.7 Å². The highest BCUT2D eigenvalue weighted by Crippen LogP contribution is 2.25. The van der Waals surface area contributed by atoms with Gasteiger partial charge in [0.2, 0.25) is 0 Å². The van der Waals surface area contributed by atoms with E-state index in [9.17, 15) is 9.59 Å². The number of aromatic nitrogens is 3. The molecule has 0 fully saturated rings. The topological polar surface area (TPSA) is 94.1 Å². The standard InChI is InChI=1S/C24H22N4O3S/c1-3-31-23(30)11-18-13-25-22(32-18)12-21(29)16-6-9-19-20(10-16)26-14-27-24(19)28-17-7-4-15(2)5-8-17/h4-10,13-14H,3,11-12H2,1-2H3,(H,26,27,28). The summed E-state index contributed by atoms with van der Waals surface area (Å²) in [6, 6.07) is 13.4. The minimum atomic E-state index is -0.293. The van der Waals surface area contributed by atoms with Gasteiger partial charge in [0.25, 0.3) is 0 Å². The molecule has 4 rings (SSSR count). The summed E-state index contributed by atoms with van der Waals surface area (Å²) in [5.74, 6) is 0.329. The second kappa shape index (κ2) is 9.65. The lowest BCUT2D eigenvalue weighted by molar-refractivity contribution is -0.142. The van der Waals surface area contributed by atoms with Gasteiger partial charge >= 0.3 is 5.97 Å². The lowest BCUT2D eigenvalue weighted by Gasteiger charge is -2.09. The Bertz CT molecular complexity index is 1270. The fourth-order valence-electron chi connectivity index (χ4n) is 3.21. The van der Waals surface area contributed by atoms with E-state index in [0.29, 0.717) is 28.5 Å². The molecule has 2 aromatic carbocycles. The summed E-state index contributed by atoms with van der Waals surface area (Å²) in [6.45, 7) is 4.15. The molecule has 0 aliphatic carbocycles. The highest BCUT2D eigenvalue weighted by molar-refractivity contribution is 7.11. The van der Waals surface area contributed by atoms with Crippen LogP contribution in [0.15, 0.2) is 55.0 Å². The van der Waals surface area contributed by atoms with E-state index >= 15 is 0 Å². The highest BCUT2D eigenvalue weighted by atomic mass is 32.1. The Morgan fingerprint density at radius 3 is 2.62 bits per heavy atom. The van der Waals surface area contributed by atoms with Crippen LogP contribution in [0.5, 0.6) is 0 Å². The van der Waals surface area contributed by atoms with E-state index in [-0.39, 0.29) is 24.6 Å². The Morgan fingerprint density at radius 2 is 1.84 bits per heavy atom. The van der Waals surface area contributed by atoms with Crippen molar-refractivity contribution in [2.75, 3.05) is 11.9 Å². The molecule has 2 heterocycles. The molecular formula is C24H22N4O3S. The molecule has 0 amide bonds. The van der Waals surface area contributed by atoms with Crippen molar-refractivity contribution in [2.24, 2.45) is 0 Å². The fraction of sp³-hybridized carbons (Fsp3) is 0.208. The van der Waals surface area contributed by atoms with Crippen LogP contribution in [0.2, 0.25) is 0 Å². The number of hydrogen-bond acceptors (Lipinski definition) is 8. The summed E-state index contributed by atoms with van der Waals surface area (Å²) >= 11 is 1.35. The smallest absolute Gasteiger partial charge is 0.311 e. The van der Waals surface area contributed by atoms with Gasteiger partial charge in [0, 0.05) is 27.7 Å². The molecular weight excluding hydrogens is 424 g/mol. The number of fused-ring (bicyclic) bond motifs is 1. The van der Waals surface area contributed by atoms with Crippen molar-refractivity contribution in [1.29, 1.82) is 0 Å². The minimum absolute atomic E-state index is 0.0596. The number of nitrogens with one attached hydrogen (secondary N) is 1. The molecule has 2 aromatic heterocycles. The molecule has 0 unspecified atom stereocenters. The first-order valence-corrected chi connectivity index (χ1v) is 11.0. The highest BCUT2D eigenvalue weighted by Gasteiger charge is 2.14. The zero-order chi connectivity index (χ0) is 22.5. The van der Waals surface area contributed by atoms with Gasteiger partial charge in [-0.1, -0.05) is 23.8 Å². The van der Waals surface area contributed by atoms with Crippen molar-refractivity contribution < 1.29 is 14.3 Å². The number of carbonyl (C=O) groups excluding carboxylic acids is 2. The third-order valence-corrected chi connectivity index (χ3v) is 5.81. The van der Waals surface area contributed by atoms with E-state index < -0.39 is 0 Å². The van der Waals surface area contributed by atoms with Crippen LogP contribution in [0.1, 0.15) is 32.7 Å². The van der Waals surface area contributed by atoms with Crippen LogP contribution in [0.4, 0.5) is 11.5 Å². The molecule has 0 bridgehead atoms. The van der Waals surface area contributed by atoms with E-state index in [1.165, 1.54) is 23.2 Å². The van der Waals surface area contributed by atoms with Gasteiger partial charge in [-0.2, -0.15) is 0 Å². The van der Waals surface area contributed by atoms with Crippen LogP contribution in [-0.2, 0) is 22.4 Å². The maximum absolute atomic E-state index is 12.8. The normalized spacial score (nSPS) is 10.8. The van der Waals surface area contributed by atoms with Gasteiger partial charge in [-0.15, -0.1) is 11.3 Å². The predicted octanol–water partition coefficient (Wildman–Crippen LogP) is 4.67. The first-order valence-electron chi connectivity index (χ1n) is 10.2. The van der Waals surface area contributed by atoms with Crippen LogP contribution >= 0.6 is 11.3 Å². The average Bonchev–Trinajstić information content (AvgIpc) is 3.21. The van der Waals surface area contributed by atoms with Crippen LogP contribution in [-0.4, -0.2) is 33.3 Å². The van der Waals surface area contributed by atoms with Gasteiger partial charge in [0.1, 0.15) is 17.2 Å². The van der Waals surface area contributed by atoms with Crippen molar-refractivity contribution in [3.05, 3.63) is 76.0 Å². The second-order valence-corrected chi connectivity index (χ2v) is 8.45. The molecule has 0 saturated heterocycles. The molecule has 0 aliphatic rings. The molecule has 0 radical (unpaired) electrons. The number of nitrogens with zero attached hydrogens (tertiary/aromatic N) is 3. The number of aryl methyl sites for hydroxylation is 1. The molecule has 162 valence electrons. The molecule has 0 aliphatic heterocycles. The Hall–Kier alpha value is -3.65. The predicted molar refractivity (Wildman–Crippen MR) is 124 cm³/mol. The first-order chi connectivity index (χ1) is 15.5. The van der Waals surface area contributed by atoms with Gasteiger partial charge in [-0.3, -0.25) is 9.59 Å². The van der Waals surface area contributed by atoms with Crippen LogP contribution in [0, 0.1) is 6.92 Å². The number of benzene rings is 2. The monoisotopic (exact) mass is 446 g/mol. The fourth-order valence-corrected chi connectivity index (χ4v) is 4.12. The number of Topliss-reactive ketones (excluding diaryl/α,β-unsaturated/α-hetero) is 1. The number of hydrogen-bond donors (Lipinski definition) is 1. The summed E-state index contributed by atoms with van der Waals surface area (Å²) < 4.78 is 4.95. The van der Waals surface area contributed by atoms with Crippen LogP contribution < -0.4 is 5.32 Å². The SMILES string of the molecule is CCOC(=O)Cc1cnc(CC(=O)c2ccc3c(Nc4ccc(C)cc4)ncnc3c2)s1. The first kappa shape index (κ1) is 21.6. The second-order valence-electron chi connectivity index (χ2n) is 7.25. The maximum Gasteiger partial charge on any atom is 0.311 e. The quantitative estimate of drug-likeness (QED) is 0.310. The zero-order valence-electron chi connectivity index (χ0n) is 17.8. The molecule has 0 saturated carbocycles. The molecule has 4 aromatic rings. The van der Waals surface area contributed by atoms with Gasteiger partial charge in [-0.25, -0.2) is 15.0 Å². The third-order valence-electron chi connectivity index (χ3n) is 4.81. The summed E-state index contributed by atoms with van der Waals surface area (Å²) in [7, 11) is 0. The van der Waals surface area contributed by atoms with Crippen molar-refractivity contribution >= 4 is 45.5 Å². The summed E-state index contributed by atoms with van der Waals surface area (Å²) in [5.41, 5.74) is 3.35. The Balaban J connectivity index is 1.49. The van der Waals surface area contributed by atoms with Gasteiger partial charge in [-0.05, 0) is 38.1 Å². The van der Waals surface area contributed by atoms with E-state index in [2.05, 4.69) is 20.3 Å². The number of esters is 1. The van der Waals surface area contributed by atoms with E-state index in [1.54, 1.807) is 25.3 Å². The number of ether oxygens (including phenoxy) is 1. The number of thiazole rings is 1. The molecule has 1 N–H and O–H groups in total. The lowest BCUT2D eigenvalue weighted by Crippen LogP contribution is -2.06. The number of carbonyl (C=O) groups is 2. The van der Waals surface area contributed by atoms with Gasteiger partial charge in [0.15, 0.2) is 5.78 Å². The van der Waals surface area contributed by atoms with Crippen molar-refractivity contribution in [3.63, 3.8) is 0 Å². The molecule has 0 spiro atoms. The average molecular weight is 447 g/mol. The van der Waals surface area contributed by atoms with Gasteiger partial charge in [0.05, 0.1) is 25.0 Å². The Labute approximate surface area is 189 Å². The molecule has 7 nitrogen and oxygen atoms in total. The summed E-state index contributed by atoms with van der Waals surface area (Å²) in [5, 5.41) is 4.80. The minimum Gasteiger partial charge on any atom is -0.466 e.